The van der Waals surface area contributed by atoms with Gasteiger partial charge in [-0.2, -0.15) is 8.78 Å². The molecule has 0 saturated heterocycles. The highest BCUT2D eigenvalue weighted by molar-refractivity contribution is 5.78. The standard InChI is InChI=1S/C11H13F2NO3/c1-7(10(15)16-2)14-8-4-3-5-9(6-8)17-11(12)13/h3-7,11,14H,1-2H3. The molecule has 17 heavy (non-hydrogen) atoms. The van der Waals surface area contributed by atoms with Crippen LogP contribution in [0.2, 0.25) is 0 Å². The summed E-state index contributed by atoms with van der Waals surface area (Å²) in [7, 11) is 1.27. The lowest BCUT2D eigenvalue weighted by Crippen LogP contribution is -2.27. The summed E-state index contributed by atoms with van der Waals surface area (Å²) in [5, 5.41) is 2.81. The highest BCUT2D eigenvalue weighted by Crippen LogP contribution is 2.19. The molecule has 0 fully saturated rings. The van der Waals surface area contributed by atoms with Gasteiger partial charge in [0.15, 0.2) is 0 Å². The van der Waals surface area contributed by atoms with Gasteiger partial charge in [-0.15, -0.1) is 0 Å². The van der Waals surface area contributed by atoms with E-state index in [0.717, 1.165) is 0 Å². The number of rotatable bonds is 5. The molecule has 1 atom stereocenters. The summed E-state index contributed by atoms with van der Waals surface area (Å²) in [6.07, 6.45) is 0. The van der Waals surface area contributed by atoms with E-state index in [0.29, 0.717) is 5.69 Å². The number of carbonyl (C=O) groups excluding carboxylic acids is 1. The minimum Gasteiger partial charge on any atom is -0.467 e. The van der Waals surface area contributed by atoms with Crippen LogP contribution in [0.4, 0.5) is 14.5 Å². The lowest BCUT2D eigenvalue weighted by atomic mass is 10.2. The number of methoxy groups -OCH3 is 1. The Morgan fingerprint density at radius 1 is 1.41 bits per heavy atom. The van der Waals surface area contributed by atoms with E-state index in [2.05, 4.69) is 14.8 Å². The van der Waals surface area contributed by atoms with Gasteiger partial charge in [0.1, 0.15) is 11.8 Å². The van der Waals surface area contributed by atoms with Crippen molar-refractivity contribution in [2.75, 3.05) is 12.4 Å². The molecule has 0 heterocycles. The van der Waals surface area contributed by atoms with E-state index >= 15 is 0 Å². The summed E-state index contributed by atoms with van der Waals surface area (Å²) in [6, 6.07) is 5.40. The Balaban J connectivity index is 2.68. The van der Waals surface area contributed by atoms with E-state index < -0.39 is 18.6 Å². The van der Waals surface area contributed by atoms with Gasteiger partial charge in [-0.25, -0.2) is 4.79 Å². The molecule has 0 aliphatic heterocycles. The Morgan fingerprint density at radius 3 is 2.71 bits per heavy atom. The lowest BCUT2D eigenvalue weighted by molar-refractivity contribution is -0.141. The quantitative estimate of drug-likeness (QED) is 0.808. The fourth-order valence-corrected chi connectivity index (χ4v) is 1.25. The maximum Gasteiger partial charge on any atom is 0.387 e. The van der Waals surface area contributed by atoms with E-state index in [9.17, 15) is 13.6 Å². The van der Waals surface area contributed by atoms with E-state index in [-0.39, 0.29) is 5.75 Å². The summed E-state index contributed by atoms with van der Waals surface area (Å²) < 4.78 is 32.7. The van der Waals surface area contributed by atoms with Crippen molar-refractivity contribution in [3.8, 4) is 5.75 Å². The number of alkyl halides is 2. The smallest absolute Gasteiger partial charge is 0.387 e. The van der Waals surface area contributed by atoms with Gasteiger partial charge in [-0.1, -0.05) is 6.07 Å². The summed E-state index contributed by atoms with van der Waals surface area (Å²) in [4.78, 5) is 11.1. The van der Waals surface area contributed by atoms with Gasteiger partial charge in [0.05, 0.1) is 7.11 Å². The number of nitrogens with one attached hydrogen (secondary N) is 1. The molecule has 0 bridgehead atoms. The molecule has 0 aliphatic carbocycles. The van der Waals surface area contributed by atoms with Crippen LogP contribution in [0.25, 0.3) is 0 Å². The molecule has 1 rings (SSSR count). The van der Waals surface area contributed by atoms with Crippen molar-refractivity contribution >= 4 is 11.7 Å². The van der Waals surface area contributed by atoms with Crippen molar-refractivity contribution < 1.29 is 23.0 Å². The highest BCUT2D eigenvalue weighted by atomic mass is 19.3. The topological polar surface area (TPSA) is 47.6 Å². The molecule has 6 heteroatoms. The molecule has 0 amide bonds. The van der Waals surface area contributed by atoms with E-state index in [1.807, 2.05) is 0 Å². The molecule has 94 valence electrons. The normalized spacial score (nSPS) is 12.1. The van der Waals surface area contributed by atoms with E-state index in [4.69, 9.17) is 0 Å². The van der Waals surface area contributed by atoms with Crippen molar-refractivity contribution in [2.24, 2.45) is 0 Å². The molecular formula is C11H13F2NO3. The number of benzene rings is 1. The number of hydrogen-bond donors (Lipinski definition) is 1. The van der Waals surface area contributed by atoms with Gasteiger partial charge in [0, 0.05) is 11.8 Å². The lowest BCUT2D eigenvalue weighted by Gasteiger charge is -2.13. The SMILES string of the molecule is COC(=O)C(C)Nc1cccc(OC(F)F)c1. The minimum absolute atomic E-state index is 0.0297. The van der Waals surface area contributed by atoms with Crippen molar-refractivity contribution in [3.63, 3.8) is 0 Å². The number of esters is 1. The average Bonchev–Trinajstić information content (AvgIpc) is 2.27. The van der Waals surface area contributed by atoms with Crippen LogP contribution in [-0.4, -0.2) is 25.7 Å². The second-order valence-corrected chi connectivity index (χ2v) is 3.30. The first-order valence-corrected chi connectivity index (χ1v) is 4.92. The first-order chi connectivity index (χ1) is 8.02. The predicted octanol–water partition coefficient (Wildman–Crippen LogP) is 2.26. The van der Waals surface area contributed by atoms with Gasteiger partial charge in [-0.05, 0) is 19.1 Å². The van der Waals surface area contributed by atoms with Crippen LogP contribution in [0.3, 0.4) is 0 Å². The third kappa shape index (κ3) is 4.26. The van der Waals surface area contributed by atoms with E-state index in [1.165, 1.54) is 19.2 Å². The van der Waals surface area contributed by atoms with Crippen LogP contribution < -0.4 is 10.1 Å². The van der Waals surface area contributed by atoms with Crippen LogP contribution in [0, 0.1) is 0 Å². The van der Waals surface area contributed by atoms with Gasteiger partial charge in [0.2, 0.25) is 0 Å². The molecule has 1 aromatic rings. The molecule has 1 unspecified atom stereocenters. The zero-order valence-electron chi connectivity index (χ0n) is 9.44. The van der Waals surface area contributed by atoms with Gasteiger partial charge in [-0.3, -0.25) is 0 Å². The Bertz CT molecular complexity index is 385. The zero-order chi connectivity index (χ0) is 12.8. The van der Waals surface area contributed by atoms with Crippen LogP contribution in [-0.2, 0) is 9.53 Å². The molecule has 0 aromatic heterocycles. The molecular weight excluding hydrogens is 232 g/mol. The third-order valence-corrected chi connectivity index (χ3v) is 2.00. The largest absolute Gasteiger partial charge is 0.467 e. The van der Waals surface area contributed by atoms with Crippen molar-refractivity contribution in [1.29, 1.82) is 0 Å². The maximum atomic E-state index is 12.0. The highest BCUT2D eigenvalue weighted by Gasteiger charge is 2.13. The number of hydrogen-bond acceptors (Lipinski definition) is 4. The number of carbonyl (C=O) groups is 1. The van der Waals surface area contributed by atoms with E-state index in [1.54, 1.807) is 19.1 Å². The number of halogens is 2. The molecule has 1 N–H and O–H groups in total. The first-order valence-electron chi connectivity index (χ1n) is 4.92. The first kappa shape index (κ1) is 13.2. The molecule has 4 nitrogen and oxygen atoms in total. The zero-order valence-corrected chi connectivity index (χ0v) is 9.44. The second kappa shape index (κ2) is 6.03. The number of anilines is 1. The Hall–Kier alpha value is -1.85. The predicted molar refractivity (Wildman–Crippen MR) is 58.2 cm³/mol. The average molecular weight is 245 g/mol. The van der Waals surface area contributed by atoms with Crippen molar-refractivity contribution in [2.45, 2.75) is 19.6 Å². The Morgan fingerprint density at radius 2 is 2.12 bits per heavy atom. The Kier molecular flexibility index (Phi) is 4.68. The summed E-state index contributed by atoms with van der Waals surface area (Å²) in [5.41, 5.74) is 0.501. The minimum atomic E-state index is -2.87. The molecule has 0 aliphatic rings. The summed E-state index contributed by atoms with van der Waals surface area (Å²) in [5.74, 6) is -0.410. The fourth-order valence-electron chi connectivity index (χ4n) is 1.25. The van der Waals surface area contributed by atoms with Crippen LogP contribution in [0.15, 0.2) is 24.3 Å². The second-order valence-electron chi connectivity index (χ2n) is 3.30. The monoisotopic (exact) mass is 245 g/mol. The fraction of sp³-hybridized carbons (Fsp3) is 0.364. The van der Waals surface area contributed by atoms with Gasteiger partial charge >= 0.3 is 12.6 Å². The Labute approximate surface area is 97.5 Å². The van der Waals surface area contributed by atoms with Gasteiger partial charge in [0.25, 0.3) is 0 Å². The summed E-state index contributed by atoms with van der Waals surface area (Å²) >= 11 is 0. The summed E-state index contributed by atoms with van der Waals surface area (Å²) in [6.45, 7) is -1.27. The van der Waals surface area contributed by atoms with Crippen molar-refractivity contribution in [1.82, 2.24) is 0 Å². The van der Waals surface area contributed by atoms with Gasteiger partial charge < -0.3 is 14.8 Å². The van der Waals surface area contributed by atoms with Crippen molar-refractivity contribution in [3.05, 3.63) is 24.3 Å². The van der Waals surface area contributed by atoms with Crippen LogP contribution in [0.5, 0.6) is 5.75 Å². The van der Waals surface area contributed by atoms with Crippen LogP contribution >= 0.6 is 0 Å². The number of ether oxygens (including phenoxy) is 2. The maximum absolute atomic E-state index is 12.0. The molecule has 1 aromatic carbocycles. The molecule has 0 saturated carbocycles. The molecule has 0 radical (unpaired) electrons. The third-order valence-electron chi connectivity index (χ3n) is 2.00. The van der Waals surface area contributed by atoms with Crippen LogP contribution in [0.1, 0.15) is 6.92 Å². The molecule has 0 spiro atoms.